The maximum Gasteiger partial charge on any atom is 0.263 e. The van der Waals surface area contributed by atoms with Crippen molar-refractivity contribution in [1.82, 2.24) is 14.5 Å². The number of amides is 2. The highest BCUT2D eigenvalue weighted by Gasteiger charge is 2.35. The summed E-state index contributed by atoms with van der Waals surface area (Å²) in [6.07, 6.45) is 3.40. The molecule has 2 aromatic rings. The Hall–Kier alpha value is -2.43. The molecule has 1 aliphatic rings. The van der Waals surface area contributed by atoms with Gasteiger partial charge in [-0.2, -0.15) is 0 Å². The SMILES string of the molecule is Cc1nccn1CN1C(=O)c2ccccc2C1=O. The Kier molecular flexibility index (Phi) is 2.26. The van der Waals surface area contributed by atoms with Gasteiger partial charge in [-0.15, -0.1) is 0 Å². The van der Waals surface area contributed by atoms with Crippen molar-refractivity contribution in [3.63, 3.8) is 0 Å². The van der Waals surface area contributed by atoms with Gasteiger partial charge in [0.15, 0.2) is 0 Å². The third-order valence-electron chi connectivity index (χ3n) is 3.10. The number of carbonyl (C=O) groups excluding carboxylic acids is 2. The topological polar surface area (TPSA) is 55.2 Å². The lowest BCUT2D eigenvalue weighted by Crippen LogP contribution is -2.32. The molecule has 5 nitrogen and oxygen atoms in total. The number of benzene rings is 1. The molecule has 1 aromatic heterocycles. The van der Waals surface area contributed by atoms with Gasteiger partial charge >= 0.3 is 0 Å². The Balaban J connectivity index is 1.95. The van der Waals surface area contributed by atoms with Gasteiger partial charge in [-0.1, -0.05) is 12.1 Å². The monoisotopic (exact) mass is 241 g/mol. The van der Waals surface area contributed by atoms with Gasteiger partial charge in [0.2, 0.25) is 0 Å². The Labute approximate surface area is 104 Å². The zero-order valence-electron chi connectivity index (χ0n) is 9.83. The van der Waals surface area contributed by atoms with Crippen LogP contribution < -0.4 is 0 Å². The number of hydrogen-bond donors (Lipinski definition) is 0. The number of aryl methyl sites for hydroxylation is 1. The smallest absolute Gasteiger partial charge is 0.263 e. The fourth-order valence-corrected chi connectivity index (χ4v) is 2.07. The molecule has 0 unspecified atom stereocenters. The Morgan fingerprint density at radius 1 is 1.11 bits per heavy atom. The summed E-state index contributed by atoms with van der Waals surface area (Å²) in [4.78, 5) is 29.5. The second-order valence-electron chi connectivity index (χ2n) is 4.17. The van der Waals surface area contributed by atoms with Gasteiger partial charge in [0, 0.05) is 12.4 Å². The molecular formula is C13H11N3O2. The summed E-state index contributed by atoms with van der Waals surface area (Å²) in [7, 11) is 0. The lowest BCUT2D eigenvalue weighted by molar-refractivity contribution is 0.0605. The number of carbonyl (C=O) groups is 2. The van der Waals surface area contributed by atoms with Crippen molar-refractivity contribution in [3.8, 4) is 0 Å². The van der Waals surface area contributed by atoms with Gasteiger partial charge in [0.05, 0.1) is 11.1 Å². The predicted molar refractivity (Wildman–Crippen MR) is 63.9 cm³/mol. The van der Waals surface area contributed by atoms with Crippen LogP contribution in [-0.2, 0) is 6.67 Å². The van der Waals surface area contributed by atoms with E-state index >= 15 is 0 Å². The van der Waals surface area contributed by atoms with Crippen LogP contribution in [0.4, 0.5) is 0 Å². The molecular weight excluding hydrogens is 230 g/mol. The minimum atomic E-state index is -0.247. The summed E-state index contributed by atoms with van der Waals surface area (Å²) in [5.41, 5.74) is 0.945. The van der Waals surface area contributed by atoms with Crippen molar-refractivity contribution in [2.24, 2.45) is 0 Å². The Morgan fingerprint density at radius 2 is 1.72 bits per heavy atom. The van der Waals surface area contributed by atoms with Crippen LogP contribution >= 0.6 is 0 Å². The summed E-state index contributed by atoms with van der Waals surface area (Å²) >= 11 is 0. The normalized spacial score (nSPS) is 14.2. The van der Waals surface area contributed by atoms with Crippen molar-refractivity contribution in [1.29, 1.82) is 0 Å². The van der Waals surface area contributed by atoms with Crippen LogP contribution in [0.15, 0.2) is 36.7 Å². The van der Waals surface area contributed by atoms with Crippen molar-refractivity contribution < 1.29 is 9.59 Å². The molecule has 0 saturated carbocycles. The third-order valence-corrected chi connectivity index (χ3v) is 3.10. The number of rotatable bonds is 2. The number of imidazole rings is 1. The van der Waals surface area contributed by atoms with Gasteiger partial charge in [-0.3, -0.25) is 14.5 Å². The highest BCUT2D eigenvalue weighted by atomic mass is 16.2. The molecule has 5 heteroatoms. The number of imide groups is 1. The van der Waals surface area contributed by atoms with Crippen molar-refractivity contribution in [3.05, 3.63) is 53.6 Å². The number of aromatic nitrogens is 2. The van der Waals surface area contributed by atoms with Crippen LogP contribution in [0.25, 0.3) is 0 Å². The summed E-state index contributed by atoms with van der Waals surface area (Å²) in [6, 6.07) is 6.87. The second-order valence-corrected chi connectivity index (χ2v) is 4.17. The molecule has 2 heterocycles. The van der Waals surface area contributed by atoms with Gasteiger partial charge in [-0.25, -0.2) is 4.98 Å². The van der Waals surface area contributed by atoms with E-state index in [1.807, 2.05) is 6.92 Å². The highest BCUT2D eigenvalue weighted by molar-refractivity contribution is 6.21. The van der Waals surface area contributed by atoms with E-state index < -0.39 is 0 Å². The number of fused-ring (bicyclic) bond motifs is 1. The first-order valence-corrected chi connectivity index (χ1v) is 5.61. The van der Waals surface area contributed by atoms with Crippen LogP contribution in [0, 0.1) is 6.92 Å². The molecule has 18 heavy (non-hydrogen) atoms. The van der Waals surface area contributed by atoms with Gasteiger partial charge in [-0.05, 0) is 19.1 Å². The largest absolute Gasteiger partial charge is 0.316 e. The molecule has 90 valence electrons. The third kappa shape index (κ3) is 1.44. The molecule has 0 aliphatic carbocycles. The van der Waals surface area contributed by atoms with Crippen LogP contribution in [-0.4, -0.2) is 26.3 Å². The number of hydrogen-bond acceptors (Lipinski definition) is 3. The van der Waals surface area contributed by atoms with Crippen molar-refractivity contribution in [2.45, 2.75) is 13.6 Å². The van der Waals surface area contributed by atoms with E-state index in [9.17, 15) is 9.59 Å². The summed E-state index contributed by atoms with van der Waals surface area (Å²) in [5, 5.41) is 0. The van der Waals surface area contributed by atoms with Crippen LogP contribution in [0.2, 0.25) is 0 Å². The van der Waals surface area contributed by atoms with E-state index in [0.29, 0.717) is 11.1 Å². The molecule has 0 fully saturated rings. The minimum Gasteiger partial charge on any atom is -0.316 e. The fourth-order valence-electron chi connectivity index (χ4n) is 2.07. The molecule has 1 aliphatic heterocycles. The van der Waals surface area contributed by atoms with Gasteiger partial charge < -0.3 is 4.57 Å². The van der Waals surface area contributed by atoms with Crippen molar-refractivity contribution in [2.75, 3.05) is 0 Å². The molecule has 0 atom stereocenters. The molecule has 2 amide bonds. The van der Waals surface area contributed by atoms with Crippen LogP contribution in [0.1, 0.15) is 26.5 Å². The molecule has 0 N–H and O–H groups in total. The standard InChI is InChI=1S/C13H11N3O2/c1-9-14-6-7-15(9)8-16-12(17)10-4-2-3-5-11(10)13(16)18/h2-7H,8H2,1H3. The summed E-state index contributed by atoms with van der Waals surface area (Å²) in [6.45, 7) is 2.04. The molecule has 1 aromatic carbocycles. The first-order valence-electron chi connectivity index (χ1n) is 5.61. The summed E-state index contributed by atoms with van der Waals surface area (Å²) in [5.74, 6) is 0.277. The number of nitrogens with zero attached hydrogens (tertiary/aromatic N) is 3. The Bertz CT molecular complexity index is 610. The molecule has 0 spiro atoms. The summed E-state index contributed by atoms with van der Waals surface area (Å²) < 4.78 is 1.77. The van der Waals surface area contributed by atoms with Gasteiger partial charge in [0.25, 0.3) is 11.8 Å². The van der Waals surface area contributed by atoms with E-state index in [-0.39, 0.29) is 18.5 Å². The average Bonchev–Trinajstić information content (AvgIpc) is 2.89. The lowest BCUT2D eigenvalue weighted by Gasteiger charge is -2.15. The average molecular weight is 241 g/mol. The minimum absolute atomic E-state index is 0.207. The van der Waals surface area contributed by atoms with E-state index in [1.54, 1.807) is 41.2 Å². The van der Waals surface area contributed by atoms with E-state index in [4.69, 9.17) is 0 Å². The van der Waals surface area contributed by atoms with Crippen LogP contribution in [0.3, 0.4) is 0 Å². The zero-order valence-corrected chi connectivity index (χ0v) is 9.83. The fraction of sp³-hybridized carbons (Fsp3) is 0.154. The molecule has 0 saturated heterocycles. The lowest BCUT2D eigenvalue weighted by atomic mass is 10.1. The first-order chi connectivity index (χ1) is 8.68. The molecule has 0 bridgehead atoms. The highest BCUT2D eigenvalue weighted by Crippen LogP contribution is 2.22. The second kappa shape index (κ2) is 3.80. The first kappa shape index (κ1) is 10.7. The Morgan fingerprint density at radius 3 is 2.22 bits per heavy atom. The van der Waals surface area contributed by atoms with Gasteiger partial charge in [0.1, 0.15) is 12.5 Å². The van der Waals surface area contributed by atoms with Crippen molar-refractivity contribution >= 4 is 11.8 Å². The maximum atomic E-state index is 12.1. The molecule has 0 radical (unpaired) electrons. The van der Waals surface area contributed by atoms with E-state index in [2.05, 4.69) is 4.98 Å². The van der Waals surface area contributed by atoms with E-state index in [0.717, 1.165) is 5.82 Å². The molecule has 3 rings (SSSR count). The predicted octanol–water partition coefficient (Wildman–Crippen LogP) is 1.45. The maximum absolute atomic E-state index is 12.1. The quantitative estimate of drug-likeness (QED) is 0.748. The van der Waals surface area contributed by atoms with Crippen LogP contribution in [0.5, 0.6) is 0 Å². The van der Waals surface area contributed by atoms with E-state index in [1.165, 1.54) is 4.90 Å². The zero-order chi connectivity index (χ0) is 12.7.